The molecule has 0 unspecified atom stereocenters. The summed E-state index contributed by atoms with van der Waals surface area (Å²) in [5.74, 6) is 2.96. The summed E-state index contributed by atoms with van der Waals surface area (Å²) in [6.45, 7) is 0.722. The first-order valence-electron chi connectivity index (χ1n) is 7.34. The fourth-order valence-corrected chi connectivity index (χ4v) is 2.34. The predicted octanol–water partition coefficient (Wildman–Crippen LogP) is 3.60. The van der Waals surface area contributed by atoms with Crippen LogP contribution in [0, 0.1) is 12.3 Å². The van der Waals surface area contributed by atoms with Crippen LogP contribution in [0.5, 0.6) is 5.75 Å². The maximum absolute atomic E-state index is 11.9. The van der Waals surface area contributed by atoms with Crippen LogP contribution in [0.25, 0.3) is 0 Å². The number of aryl methyl sites for hydroxylation is 1. The van der Waals surface area contributed by atoms with E-state index in [2.05, 4.69) is 11.2 Å². The average molecular weight is 328 g/mol. The molecule has 3 nitrogen and oxygen atoms in total. The number of carbonyl (C=O) groups excluding carboxylic acids is 1. The summed E-state index contributed by atoms with van der Waals surface area (Å²) in [6, 6.07) is 15.3. The molecule has 1 N–H and O–H groups in total. The summed E-state index contributed by atoms with van der Waals surface area (Å²) < 4.78 is 5.31. The van der Waals surface area contributed by atoms with E-state index < -0.39 is 0 Å². The Labute approximate surface area is 141 Å². The third-order valence-corrected chi connectivity index (χ3v) is 3.58. The molecule has 0 aliphatic rings. The Morgan fingerprint density at radius 2 is 1.96 bits per heavy atom. The summed E-state index contributed by atoms with van der Waals surface area (Å²) in [7, 11) is 0. The molecule has 2 aromatic rings. The molecule has 1 amide bonds. The van der Waals surface area contributed by atoms with E-state index in [-0.39, 0.29) is 12.5 Å². The van der Waals surface area contributed by atoms with Crippen LogP contribution in [-0.4, -0.2) is 12.5 Å². The van der Waals surface area contributed by atoms with Gasteiger partial charge < -0.3 is 10.1 Å². The number of ether oxygens (including phenoxy) is 1. The van der Waals surface area contributed by atoms with Crippen molar-refractivity contribution in [2.24, 2.45) is 0 Å². The van der Waals surface area contributed by atoms with Gasteiger partial charge in [-0.15, -0.1) is 6.42 Å². The molecule has 4 heteroatoms. The highest BCUT2D eigenvalue weighted by Gasteiger charge is 2.06. The van der Waals surface area contributed by atoms with Gasteiger partial charge in [-0.3, -0.25) is 4.79 Å². The number of nitrogens with one attached hydrogen (secondary N) is 1. The third-order valence-electron chi connectivity index (χ3n) is 3.28. The highest BCUT2D eigenvalue weighted by atomic mass is 35.5. The van der Waals surface area contributed by atoms with Gasteiger partial charge in [0.05, 0.1) is 5.02 Å². The van der Waals surface area contributed by atoms with Crippen molar-refractivity contribution in [3.05, 3.63) is 64.7 Å². The lowest BCUT2D eigenvalue weighted by atomic mass is 10.1. The number of amides is 1. The molecule has 0 aromatic heterocycles. The minimum absolute atomic E-state index is 0.0117. The first-order chi connectivity index (χ1) is 11.2. The quantitative estimate of drug-likeness (QED) is 0.789. The van der Waals surface area contributed by atoms with Crippen molar-refractivity contribution in [2.45, 2.75) is 19.4 Å². The molecule has 0 heterocycles. The fraction of sp³-hybridized carbons (Fsp3) is 0.211. The number of halogens is 1. The fourth-order valence-electron chi connectivity index (χ4n) is 2.08. The van der Waals surface area contributed by atoms with Gasteiger partial charge >= 0.3 is 0 Å². The van der Waals surface area contributed by atoms with Crippen LogP contribution < -0.4 is 10.1 Å². The van der Waals surface area contributed by atoms with E-state index in [1.807, 2.05) is 36.4 Å². The predicted molar refractivity (Wildman–Crippen MR) is 92.4 cm³/mol. The minimum atomic E-state index is 0.0117. The molecule has 0 atom stereocenters. The monoisotopic (exact) mass is 327 g/mol. The summed E-state index contributed by atoms with van der Waals surface area (Å²) in [5.41, 5.74) is 2.07. The van der Waals surface area contributed by atoms with Gasteiger partial charge in [-0.1, -0.05) is 53.9 Å². The van der Waals surface area contributed by atoms with E-state index in [9.17, 15) is 4.79 Å². The first kappa shape index (κ1) is 16.9. The molecular formula is C19H18ClNO2. The summed E-state index contributed by atoms with van der Waals surface area (Å²) in [4.78, 5) is 11.9. The van der Waals surface area contributed by atoms with Crippen LogP contribution in [-0.2, 0) is 17.8 Å². The zero-order chi connectivity index (χ0) is 16.5. The van der Waals surface area contributed by atoms with E-state index in [1.165, 1.54) is 0 Å². The van der Waals surface area contributed by atoms with Crippen molar-refractivity contribution in [2.75, 3.05) is 6.61 Å². The van der Waals surface area contributed by atoms with Crippen LogP contribution in [0.4, 0.5) is 0 Å². The van der Waals surface area contributed by atoms with Gasteiger partial charge in [-0.2, -0.15) is 0 Å². The number of carbonyl (C=O) groups is 1. The molecular weight excluding hydrogens is 310 g/mol. The Kier molecular flexibility index (Phi) is 6.53. The summed E-state index contributed by atoms with van der Waals surface area (Å²) >= 11 is 6.13. The largest absolute Gasteiger partial charge is 0.479 e. The van der Waals surface area contributed by atoms with Crippen molar-refractivity contribution >= 4 is 17.5 Å². The summed E-state index contributed by atoms with van der Waals surface area (Å²) in [6.07, 6.45) is 6.18. The molecule has 118 valence electrons. The minimum Gasteiger partial charge on any atom is -0.479 e. The maximum atomic E-state index is 11.9. The number of hydrogen-bond donors (Lipinski definition) is 1. The van der Waals surface area contributed by atoms with E-state index in [0.717, 1.165) is 11.1 Å². The normalized spacial score (nSPS) is 9.91. The lowest BCUT2D eigenvalue weighted by Crippen LogP contribution is -2.22. The van der Waals surface area contributed by atoms with Gasteiger partial charge in [0, 0.05) is 13.0 Å². The van der Waals surface area contributed by atoms with Gasteiger partial charge in [0.25, 0.3) is 0 Å². The highest BCUT2D eigenvalue weighted by molar-refractivity contribution is 6.32. The zero-order valence-electron chi connectivity index (χ0n) is 12.7. The molecule has 0 fully saturated rings. The van der Waals surface area contributed by atoms with Crippen LogP contribution in [0.3, 0.4) is 0 Å². The van der Waals surface area contributed by atoms with Crippen molar-refractivity contribution in [1.29, 1.82) is 0 Å². The van der Waals surface area contributed by atoms with Gasteiger partial charge in [-0.05, 0) is 29.7 Å². The van der Waals surface area contributed by atoms with Crippen LogP contribution in [0.1, 0.15) is 17.5 Å². The molecule has 0 aliphatic heterocycles. The molecule has 0 aliphatic carbocycles. The summed E-state index contributed by atoms with van der Waals surface area (Å²) in [5, 5.41) is 3.41. The van der Waals surface area contributed by atoms with Gasteiger partial charge in [0.1, 0.15) is 12.4 Å². The molecule has 2 aromatic carbocycles. The molecule has 23 heavy (non-hydrogen) atoms. The van der Waals surface area contributed by atoms with Crippen molar-refractivity contribution in [1.82, 2.24) is 5.32 Å². The third kappa shape index (κ3) is 5.69. The number of hydrogen-bond acceptors (Lipinski definition) is 2. The standard InChI is InChI=1S/C19H18ClNO2/c1-2-12-23-18-10-8-15(13-17(18)20)9-11-19(22)21-14-16-6-4-3-5-7-16/h1,3-8,10,13H,9,11-12,14H2,(H,21,22). The van der Waals surface area contributed by atoms with Crippen LogP contribution in [0.15, 0.2) is 48.5 Å². The Morgan fingerprint density at radius 1 is 1.17 bits per heavy atom. The van der Waals surface area contributed by atoms with Crippen LogP contribution in [0.2, 0.25) is 5.02 Å². The molecule has 0 bridgehead atoms. The highest BCUT2D eigenvalue weighted by Crippen LogP contribution is 2.25. The number of terminal acetylenes is 1. The molecule has 2 rings (SSSR count). The second kappa shape index (κ2) is 8.87. The van der Waals surface area contributed by atoms with Crippen molar-refractivity contribution < 1.29 is 9.53 Å². The lowest BCUT2D eigenvalue weighted by molar-refractivity contribution is -0.121. The first-order valence-corrected chi connectivity index (χ1v) is 7.72. The molecule has 0 saturated carbocycles. The topological polar surface area (TPSA) is 38.3 Å². The van der Waals surface area contributed by atoms with Gasteiger partial charge in [-0.25, -0.2) is 0 Å². The molecule has 0 radical (unpaired) electrons. The van der Waals surface area contributed by atoms with E-state index in [0.29, 0.717) is 30.2 Å². The second-order valence-corrected chi connectivity index (χ2v) is 5.43. The Hall–Kier alpha value is -2.44. The van der Waals surface area contributed by atoms with Crippen LogP contribution >= 0.6 is 11.6 Å². The number of benzene rings is 2. The van der Waals surface area contributed by atoms with Crippen molar-refractivity contribution in [3.8, 4) is 18.1 Å². The average Bonchev–Trinajstić information content (AvgIpc) is 2.58. The molecule has 0 saturated heterocycles. The smallest absolute Gasteiger partial charge is 0.220 e. The SMILES string of the molecule is C#CCOc1ccc(CCC(=O)NCc2ccccc2)cc1Cl. The van der Waals surface area contributed by atoms with E-state index in [4.69, 9.17) is 22.8 Å². The Morgan fingerprint density at radius 3 is 2.65 bits per heavy atom. The number of rotatable bonds is 7. The van der Waals surface area contributed by atoms with Crippen molar-refractivity contribution in [3.63, 3.8) is 0 Å². The van der Waals surface area contributed by atoms with E-state index in [1.54, 1.807) is 12.1 Å². The second-order valence-electron chi connectivity index (χ2n) is 5.02. The lowest BCUT2D eigenvalue weighted by Gasteiger charge is -2.08. The van der Waals surface area contributed by atoms with Gasteiger partial charge in [0.15, 0.2) is 0 Å². The molecule has 0 spiro atoms. The van der Waals surface area contributed by atoms with E-state index >= 15 is 0 Å². The zero-order valence-corrected chi connectivity index (χ0v) is 13.5. The van der Waals surface area contributed by atoms with Gasteiger partial charge in [0.2, 0.25) is 5.91 Å². The Balaban J connectivity index is 1.80. The maximum Gasteiger partial charge on any atom is 0.220 e. The Bertz CT molecular complexity index is 692.